The van der Waals surface area contributed by atoms with Crippen molar-refractivity contribution in [1.82, 2.24) is 24.7 Å². The van der Waals surface area contributed by atoms with Crippen molar-refractivity contribution in [3.63, 3.8) is 0 Å². The Kier molecular flexibility index (Phi) is 8.07. The number of thiazole rings is 1. The second kappa shape index (κ2) is 12.8. The molecule has 8 rings (SSSR count). The van der Waals surface area contributed by atoms with Gasteiger partial charge in [0.25, 0.3) is 0 Å². The van der Waals surface area contributed by atoms with E-state index in [2.05, 4.69) is 51.4 Å². The highest BCUT2D eigenvalue weighted by molar-refractivity contribution is 8.00. The zero-order valence-corrected chi connectivity index (χ0v) is 27.8. The highest BCUT2D eigenvalue weighted by Crippen LogP contribution is 2.44. The quantitative estimate of drug-likeness (QED) is 0.118. The van der Waals surface area contributed by atoms with E-state index in [1.54, 1.807) is 23.1 Å². The lowest BCUT2D eigenvalue weighted by Crippen LogP contribution is -2.38. The highest BCUT2D eigenvalue weighted by Gasteiger charge is 2.40. The number of thioether (sulfide) groups is 1. The molecule has 238 valence electrons. The largest absolute Gasteiger partial charge is 0.252 e. The molecular formula is C40H27F2N5S2. The average Bonchev–Trinajstić information content (AvgIpc) is 3.81. The lowest BCUT2D eigenvalue weighted by Gasteiger charge is -2.36. The van der Waals surface area contributed by atoms with Gasteiger partial charge in [0.1, 0.15) is 39.9 Å². The Labute approximate surface area is 290 Å². The van der Waals surface area contributed by atoms with Gasteiger partial charge >= 0.3 is 0 Å². The van der Waals surface area contributed by atoms with Crippen LogP contribution in [-0.2, 0) is 5.54 Å². The van der Waals surface area contributed by atoms with Crippen LogP contribution in [0.4, 0.5) is 8.78 Å². The van der Waals surface area contributed by atoms with Crippen molar-refractivity contribution in [1.29, 1.82) is 0 Å². The summed E-state index contributed by atoms with van der Waals surface area (Å²) in [5.41, 5.74) is 4.46. The molecule has 0 aliphatic rings. The predicted molar refractivity (Wildman–Crippen MR) is 194 cm³/mol. The van der Waals surface area contributed by atoms with Crippen LogP contribution in [0.25, 0.3) is 44.0 Å². The Bertz CT molecular complexity index is 2290. The van der Waals surface area contributed by atoms with Crippen molar-refractivity contribution in [2.75, 3.05) is 6.26 Å². The fraction of sp³-hybridized carbons (Fsp3) is 0.0500. The number of benzene rings is 5. The van der Waals surface area contributed by atoms with Crippen molar-refractivity contribution in [2.24, 2.45) is 0 Å². The van der Waals surface area contributed by atoms with Crippen LogP contribution < -0.4 is 0 Å². The minimum absolute atomic E-state index is 0.180. The van der Waals surface area contributed by atoms with Gasteiger partial charge in [-0.1, -0.05) is 103 Å². The van der Waals surface area contributed by atoms with Gasteiger partial charge in [-0.2, -0.15) is 5.10 Å². The van der Waals surface area contributed by atoms with Crippen LogP contribution in [0.2, 0.25) is 0 Å². The molecule has 49 heavy (non-hydrogen) atoms. The predicted octanol–water partition coefficient (Wildman–Crippen LogP) is 10.1. The van der Waals surface area contributed by atoms with E-state index in [0.29, 0.717) is 16.8 Å². The van der Waals surface area contributed by atoms with E-state index in [0.717, 1.165) is 36.8 Å². The molecule has 0 N–H and O–H groups in total. The van der Waals surface area contributed by atoms with Crippen molar-refractivity contribution >= 4 is 34.0 Å². The molecule has 8 aromatic rings. The number of nitrogens with zero attached hydrogens (tertiary/aromatic N) is 5. The number of rotatable bonds is 8. The molecule has 0 bridgehead atoms. The van der Waals surface area contributed by atoms with Crippen LogP contribution in [0.15, 0.2) is 150 Å². The van der Waals surface area contributed by atoms with Gasteiger partial charge in [0.05, 0.1) is 21.5 Å². The lowest BCUT2D eigenvalue weighted by molar-refractivity contribution is 0.460. The van der Waals surface area contributed by atoms with E-state index in [1.807, 2.05) is 96.1 Å². The third-order valence-corrected chi connectivity index (χ3v) is 10.7. The molecule has 0 aliphatic carbocycles. The summed E-state index contributed by atoms with van der Waals surface area (Å²) in [5, 5.41) is 6.69. The first-order chi connectivity index (χ1) is 24.1. The van der Waals surface area contributed by atoms with Crippen molar-refractivity contribution in [2.45, 2.75) is 9.75 Å². The van der Waals surface area contributed by atoms with Gasteiger partial charge in [-0.05, 0) is 52.8 Å². The first-order valence-corrected chi connectivity index (χ1v) is 17.6. The monoisotopic (exact) mass is 679 g/mol. The minimum atomic E-state index is -1.00. The van der Waals surface area contributed by atoms with Gasteiger partial charge in [0.2, 0.25) is 0 Å². The number of hydrogen-bond donors (Lipinski definition) is 0. The van der Waals surface area contributed by atoms with Gasteiger partial charge < -0.3 is 0 Å². The summed E-state index contributed by atoms with van der Waals surface area (Å²) in [6.07, 6.45) is 7.27. The van der Waals surface area contributed by atoms with Gasteiger partial charge in [-0.15, -0.1) is 23.1 Å². The van der Waals surface area contributed by atoms with Gasteiger partial charge in [-0.25, -0.2) is 23.7 Å². The molecule has 0 atom stereocenters. The number of aromatic nitrogens is 5. The summed E-state index contributed by atoms with van der Waals surface area (Å²) in [5.74, 6) is -1.40. The Balaban J connectivity index is 1.46. The standard InChI is InChI=1S/C40H27F2N5S2/c1-48-35-23-43-39(49-35)38-30-22-26(20-21-34(30)44-25-45-38)31-24-47(46-37(31)36-32(41)18-11-19-33(36)42)40(27-12-5-2-6-13-27,28-14-7-3-8-15-28)29-16-9-4-10-17-29/h2-25H,1H3. The molecule has 5 aromatic carbocycles. The average molecular weight is 680 g/mol. The second-order valence-electron chi connectivity index (χ2n) is 11.4. The van der Waals surface area contributed by atoms with Crippen LogP contribution in [0.5, 0.6) is 0 Å². The zero-order chi connectivity index (χ0) is 33.4. The van der Waals surface area contributed by atoms with E-state index in [-0.39, 0.29) is 11.3 Å². The smallest absolute Gasteiger partial charge is 0.143 e. The number of hydrogen-bond acceptors (Lipinski definition) is 6. The fourth-order valence-corrected chi connectivity index (χ4v) is 7.85. The first kappa shape index (κ1) is 30.8. The normalized spacial score (nSPS) is 11.7. The second-order valence-corrected chi connectivity index (χ2v) is 13.5. The molecule has 0 saturated carbocycles. The van der Waals surface area contributed by atoms with E-state index < -0.39 is 17.2 Å². The molecule has 9 heteroatoms. The highest BCUT2D eigenvalue weighted by atomic mass is 32.2. The van der Waals surface area contributed by atoms with E-state index in [1.165, 1.54) is 24.5 Å². The van der Waals surface area contributed by atoms with Crippen LogP contribution >= 0.6 is 23.1 Å². The molecule has 5 nitrogen and oxygen atoms in total. The van der Waals surface area contributed by atoms with Crippen LogP contribution in [-0.4, -0.2) is 31.0 Å². The molecule has 0 spiro atoms. The number of fused-ring (bicyclic) bond motifs is 1. The first-order valence-electron chi connectivity index (χ1n) is 15.5. The summed E-state index contributed by atoms with van der Waals surface area (Å²) in [7, 11) is 0. The Morgan fingerprint density at radius 3 is 1.86 bits per heavy atom. The van der Waals surface area contributed by atoms with Gasteiger partial charge in [-0.3, -0.25) is 4.68 Å². The minimum Gasteiger partial charge on any atom is -0.252 e. The molecule has 0 radical (unpaired) electrons. The SMILES string of the molecule is CSc1cnc(-c2ncnc3ccc(-c4cn(C(c5ccccc5)(c5ccccc5)c5ccccc5)nc4-c4c(F)cccc4F)cc23)s1. The summed E-state index contributed by atoms with van der Waals surface area (Å²) < 4.78 is 34.4. The van der Waals surface area contributed by atoms with Crippen molar-refractivity contribution < 1.29 is 8.78 Å². The lowest BCUT2D eigenvalue weighted by atomic mass is 9.77. The molecular weight excluding hydrogens is 653 g/mol. The topological polar surface area (TPSA) is 56.5 Å². The molecule has 0 fully saturated rings. The maximum Gasteiger partial charge on any atom is 0.143 e. The van der Waals surface area contributed by atoms with E-state index in [4.69, 9.17) is 5.10 Å². The summed E-state index contributed by atoms with van der Waals surface area (Å²) in [6.45, 7) is 0. The molecule has 0 saturated heterocycles. The summed E-state index contributed by atoms with van der Waals surface area (Å²) in [4.78, 5) is 13.8. The molecule has 3 aromatic heterocycles. The van der Waals surface area contributed by atoms with Crippen molar-refractivity contribution in [3.8, 4) is 33.1 Å². The molecule has 3 heterocycles. The van der Waals surface area contributed by atoms with Crippen LogP contribution in [0, 0.1) is 11.6 Å². The molecule has 0 aliphatic heterocycles. The summed E-state index contributed by atoms with van der Waals surface area (Å²) >= 11 is 3.17. The van der Waals surface area contributed by atoms with Crippen LogP contribution in [0.3, 0.4) is 0 Å². The van der Waals surface area contributed by atoms with Crippen molar-refractivity contribution in [3.05, 3.63) is 174 Å². The maximum atomic E-state index is 15.8. The number of halogens is 2. The summed E-state index contributed by atoms with van der Waals surface area (Å²) in [6, 6.07) is 39.9. The molecule has 0 amide bonds. The Morgan fingerprint density at radius 2 is 1.29 bits per heavy atom. The van der Waals surface area contributed by atoms with E-state index in [9.17, 15) is 0 Å². The third-order valence-electron chi connectivity index (χ3n) is 8.67. The fourth-order valence-electron chi connectivity index (χ4n) is 6.46. The Morgan fingerprint density at radius 1 is 0.673 bits per heavy atom. The van der Waals surface area contributed by atoms with E-state index >= 15 is 8.78 Å². The maximum absolute atomic E-state index is 15.8. The van der Waals surface area contributed by atoms with Gasteiger partial charge in [0, 0.05) is 17.1 Å². The molecule has 0 unspecified atom stereocenters. The Hall–Kier alpha value is -5.51. The van der Waals surface area contributed by atoms with Crippen LogP contribution in [0.1, 0.15) is 16.7 Å². The third kappa shape index (κ3) is 5.31. The van der Waals surface area contributed by atoms with Gasteiger partial charge in [0.15, 0.2) is 0 Å². The zero-order valence-electron chi connectivity index (χ0n) is 26.2.